The molecule has 0 aliphatic heterocycles. The molecule has 0 aromatic rings. The molecule has 0 N–H and O–H groups in total. The molecule has 0 saturated heterocycles. The van der Waals surface area contributed by atoms with Gasteiger partial charge in [-0.05, 0) is 12.8 Å². The van der Waals surface area contributed by atoms with Crippen LogP contribution in [0.15, 0.2) is 0 Å². The SMILES string of the molecule is CCCCCCCCCCCCCCCCCC(=O)OCCOC(=O)CCCCCCCC. The number of carbonyl (C=O) groups is 2. The third kappa shape index (κ3) is 27.1. The fourth-order valence-electron chi connectivity index (χ4n) is 4.15. The van der Waals surface area contributed by atoms with E-state index in [2.05, 4.69) is 13.8 Å². The average molecular weight is 469 g/mol. The van der Waals surface area contributed by atoms with Crippen LogP contribution < -0.4 is 0 Å². The molecular weight excluding hydrogens is 412 g/mol. The van der Waals surface area contributed by atoms with E-state index >= 15 is 0 Å². The Labute approximate surface area is 206 Å². The second-order valence-electron chi connectivity index (χ2n) is 9.66. The molecule has 0 amide bonds. The highest BCUT2D eigenvalue weighted by atomic mass is 16.6. The maximum absolute atomic E-state index is 11.8. The second kappa shape index (κ2) is 27.2. The summed E-state index contributed by atoms with van der Waals surface area (Å²) in [6.07, 6.45) is 27.6. The van der Waals surface area contributed by atoms with Gasteiger partial charge in [-0.2, -0.15) is 0 Å². The van der Waals surface area contributed by atoms with E-state index < -0.39 is 0 Å². The maximum Gasteiger partial charge on any atom is 0.305 e. The van der Waals surface area contributed by atoms with E-state index in [0.29, 0.717) is 12.8 Å². The molecule has 0 bridgehead atoms. The molecule has 4 heteroatoms. The van der Waals surface area contributed by atoms with Gasteiger partial charge in [0, 0.05) is 12.8 Å². The highest BCUT2D eigenvalue weighted by Crippen LogP contribution is 2.14. The van der Waals surface area contributed by atoms with Crippen molar-refractivity contribution in [2.24, 2.45) is 0 Å². The van der Waals surface area contributed by atoms with E-state index in [1.165, 1.54) is 109 Å². The van der Waals surface area contributed by atoms with Gasteiger partial charge in [0.2, 0.25) is 0 Å². The van der Waals surface area contributed by atoms with Crippen LogP contribution >= 0.6 is 0 Å². The predicted octanol–water partition coefficient (Wildman–Crippen LogP) is 9.08. The molecule has 0 spiro atoms. The number of unbranched alkanes of at least 4 members (excludes halogenated alkanes) is 19. The Morgan fingerprint density at radius 3 is 0.909 bits per heavy atom. The summed E-state index contributed by atoms with van der Waals surface area (Å²) in [5.41, 5.74) is 0. The first-order chi connectivity index (χ1) is 16.2. The molecule has 4 nitrogen and oxygen atoms in total. The van der Waals surface area contributed by atoms with E-state index in [9.17, 15) is 9.59 Å². The number of rotatable bonds is 26. The minimum atomic E-state index is -0.177. The predicted molar refractivity (Wildman–Crippen MR) is 139 cm³/mol. The molecule has 0 aliphatic carbocycles. The summed E-state index contributed by atoms with van der Waals surface area (Å²) in [7, 11) is 0. The van der Waals surface area contributed by atoms with Crippen molar-refractivity contribution in [2.45, 2.75) is 162 Å². The van der Waals surface area contributed by atoms with Crippen LogP contribution in [0.5, 0.6) is 0 Å². The van der Waals surface area contributed by atoms with Crippen molar-refractivity contribution in [1.82, 2.24) is 0 Å². The lowest BCUT2D eigenvalue weighted by Crippen LogP contribution is -2.13. The van der Waals surface area contributed by atoms with Gasteiger partial charge in [-0.1, -0.05) is 136 Å². The summed E-state index contributed by atoms with van der Waals surface area (Å²) in [5.74, 6) is -0.347. The van der Waals surface area contributed by atoms with Crippen molar-refractivity contribution in [3.8, 4) is 0 Å². The Hall–Kier alpha value is -1.06. The summed E-state index contributed by atoms with van der Waals surface area (Å²) in [6, 6.07) is 0. The molecule has 196 valence electrons. The van der Waals surface area contributed by atoms with Gasteiger partial charge in [-0.3, -0.25) is 9.59 Å². The molecule has 0 atom stereocenters. The zero-order valence-electron chi connectivity index (χ0n) is 22.3. The molecule has 33 heavy (non-hydrogen) atoms. The van der Waals surface area contributed by atoms with Crippen molar-refractivity contribution in [3.63, 3.8) is 0 Å². The monoisotopic (exact) mass is 468 g/mol. The molecule has 0 rings (SSSR count). The summed E-state index contributed by atoms with van der Waals surface area (Å²) in [6.45, 7) is 4.83. The van der Waals surface area contributed by atoms with Crippen molar-refractivity contribution < 1.29 is 19.1 Å². The zero-order chi connectivity index (χ0) is 24.2. The van der Waals surface area contributed by atoms with Crippen LogP contribution in [-0.2, 0) is 19.1 Å². The minimum Gasteiger partial charge on any atom is -0.462 e. The minimum absolute atomic E-state index is 0.170. The highest BCUT2D eigenvalue weighted by molar-refractivity contribution is 5.70. The van der Waals surface area contributed by atoms with Crippen LogP contribution in [0.25, 0.3) is 0 Å². The molecule has 0 saturated carbocycles. The summed E-state index contributed by atoms with van der Waals surface area (Å²) in [4.78, 5) is 23.4. The molecular formula is C29H56O4. The standard InChI is InChI=1S/C29H56O4/c1-3-5-7-9-11-12-13-14-15-16-17-18-19-21-23-25-29(31)33-27-26-32-28(30)24-22-20-10-8-6-4-2/h3-27H2,1-2H3. The van der Waals surface area contributed by atoms with Crippen LogP contribution in [0.3, 0.4) is 0 Å². The molecule has 0 aromatic carbocycles. The van der Waals surface area contributed by atoms with E-state index in [1.807, 2.05) is 0 Å². The molecule has 0 aromatic heterocycles. The van der Waals surface area contributed by atoms with Crippen LogP contribution in [0.2, 0.25) is 0 Å². The van der Waals surface area contributed by atoms with Gasteiger partial charge in [0.25, 0.3) is 0 Å². The quantitative estimate of drug-likeness (QED) is 0.0938. The highest BCUT2D eigenvalue weighted by Gasteiger charge is 2.05. The number of ether oxygens (including phenoxy) is 2. The first-order valence-corrected chi connectivity index (χ1v) is 14.5. The van der Waals surface area contributed by atoms with E-state index in [-0.39, 0.29) is 25.2 Å². The lowest BCUT2D eigenvalue weighted by molar-refractivity contribution is -0.152. The van der Waals surface area contributed by atoms with Crippen molar-refractivity contribution in [2.75, 3.05) is 13.2 Å². The van der Waals surface area contributed by atoms with Crippen LogP contribution in [0.1, 0.15) is 162 Å². The summed E-state index contributed by atoms with van der Waals surface area (Å²) >= 11 is 0. The molecule has 0 heterocycles. The van der Waals surface area contributed by atoms with Gasteiger partial charge in [-0.25, -0.2) is 0 Å². The lowest BCUT2D eigenvalue weighted by atomic mass is 10.0. The zero-order valence-corrected chi connectivity index (χ0v) is 22.3. The van der Waals surface area contributed by atoms with Gasteiger partial charge >= 0.3 is 11.9 Å². The van der Waals surface area contributed by atoms with E-state index in [1.54, 1.807) is 0 Å². The normalized spacial score (nSPS) is 11.0. The third-order valence-electron chi connectivity index (χ3n) is 6.33. The largest absolute Gasteiger partial charge is 0.462 e. The molecule has 0 unspecified atom stereocenters. The van der Waals surface area contributed by atoms with Gasteiger partial charge < -0.3 is 9.47 Å². The Balaban J connectivity index is 3.25. The first-order valence-electron chi connectivity index (χ1n) is 14.5. The van der Waals surface area contributed by atoms with E-state index in [0.717, 1.165) is 25.7 Å². The number of carbonyl (C=O) groups excluding carboxylic acids is 2. The van der Waals surface area contributed by atoms with Crippen molar-refractivity contribution in [3.05, 3.63) is 0 Å². The third-order valence-corrected chi connectivity index (χ3v) is 6.33. The second-order valence-corrected chi connectivity index (χ2v) is 9.66. The van der Waals surface area contributed by atoms with Crippen LogP contribution in [-0.4, -0.2) is 25.2 Å². The average Bonchev–Trinajstić information content (AvgIpc) is 2.81. The maximum atomic E-state index is 11.8. The first kappa shape index (κ1) is 31.9. The van der Waals surface area contributed by atoms with Gasteiger partial charge in [0.1, 0.15) is 13.2 Å². The molecule has 0 radical (unpaired) electrons. The van der Waals surface area contributed by atoms with Gasteiger partial charge in [0.15, 0.2) is 0 Å². The number of hydrogen-bond donors (Lipinski definition) is 0. The van der Waals surface area contributed by atoms with Gasteiger partial charge in [-0.15, -0.1) is 0 Å². The lowest BCUT2D eigenvalue weighted by Gasteiger charge is -2.07. The Kier molecular flexibility index (Phi) is 26.3. The van der Waals surface area contributed by atoms with Crippen molar-refractivity contribution in [1.29, 1.82) is 0 Å². The van der Waals surface area contributed by atoms with Crippen LogP contribution in [0.4, 0.5) is 0 Å². The van der Waals surface area contributed by atoms with Gasteiger partial charge in [0.05, 0.1) is 0 Å². The number of esters is 2. The number of hydrogen-bond acceptors (Lipinski definition) is 4. The molecule has 0 aliphatic rings. The fourth-order valence-corrected chi connectivity index (χ4v) is 4.15. The fraction of sp³-hybridized carbons (Fsp3) is 0.931. The summed E-state index contributed by atoms with van der Waals surface area (Å²) in [5, 5.41) is 0. The smallest absolute Gasteiger partial charge is 0.305 e. The Morgan fingerprint density at radius 2 is 0.636 bits per heavy atom. The Bertz CT molecular complexity index is 422. The van der Waals surface area contributed by atoms with Crippen molar-refractivity contribution >= 4 is 11.9 Å². The Morgan fingerprint density at radius 1 is 0.394 bits per heavy atom. The molecule has 0 fully saturated rings. The van der Waals surface area contributed by atoms with Crippen LogP contribution in [0, 0.1) is 0 Å². The van der Waals surface area contributed by atoms with E-state index in [4.69, 9.17) is 9.47 Å². The topological polar surface area (TPSA) is 52.6 Å². The summed E-state index contributed by atoms with van der Waals surface area (Å²) < 4.78 is 10.3.